The molecule has 0 aliphatic rings. The van der Waals surface area contributed by atoms with E-state index in [0.29, 0.717) is 27.3 Å². The molecule has 0 atom stereocenters. The van der Waals surface area contributed by atoms with Gasteiger partial charge in [-0.25, -0.2) is 0 Å². The van der Waals surface area contributed by atoms with Gasteiger partial charge in [0.15, 0.2) is 0 Å². The highest BCUT2D eigenvalue weighted by Gasteiger charge is 2.02. The van der Waals surface area contributed by atoms with Crippen molar-refractivity contribution in [1.29, 1.82) is 5.26 Å². The highest BCUT2D eigenvalue weighted by Crippen LogP contribution is 2.24. The summed E-state index contributed by atoms with van der Waals surface area (Å²) < 4.78 is 0. The molecular weight excluding hydrogens is 388 g/mol. The maximum Gasteiger partial charge on any atom is 0.109 e. The lowest BCUT2D eigenvalue weighted by atomic mass is 10.1. The summed E-state index contributed by atoms with van der Waals surface area (Å²) in [5.41, 5.74) is 14.1. The molecule has 0 amide bonds. The minimum Gasteiger partial charge on any atom is -0.399 e. The highest BCUT2D eigenvalue weighted by atomic mass is 35.5. The van der Waals surface area contributed by atoms with E-state index >= 15 is 0 Å². The van der Waals surface area contributed by atoms with Crippen molar-refractivity contribution < 1.29 is 0 Å². The molecule has 0 aromatic heterocycles. The lowest BCUT2D eigenvalue weighted by Gasteiger charge is -2.05. The van der Waals surface area contributed by atoms with E-state index in [1.807, 2.05) is 12.1 Å². The summed E-state index contributed by atoms with van der Waals surface area (Å²) in [6.45, 7) is 3.78. The Kier molecular flexibility index (Phi) is 12.0. The smallest absolute Gasteiger partial charge is 0.109 e. The van der Waals surface area contributed by atoms with Crippen LogP contribution in [0.4, 0.5) is 11.4 Å². The first kappa shape index (κ1) is 22.4. The normalized spacial score (nSPS) is 8.79. The number of nitrogens with zero attached hydrogens (tertiary/aromatic N) is 1. The number of halogens is 4. The van der Waals surface area contributed by atoms with Crippen LogP contribution in [0.25, 0.3) is 5.57 Å². The van der Waals surface area contributed by atoms with Crippen molar-refractivity contribution in [3.8, 4) is 6.07 Å². The van der Waals surface area contributed by atoms with Gasteiger partial charge in [0.25, 0.3) is 0 Å². The van der Waals surface area contributed by atoms with Crippen LogP contribution < -0.4 is 11.5 Å². The SMILES string of the molecule is C=C(CCl)c1ccc(Cl)cc1N.N#CCCl.Nc1cccc(Cl)c1. The Morgan fingerprint density at radius 2 is 1.62 bits per heavy atom. The molecule has 0 fully saturated rings. The van der Waals surface area contributed by atoms with E-state index in [4.69, 9.17) is 63.1 Å². The van der Waals surface area contributed by atoms with Gasteiger partial charge in [-0.2, -0.15) is 5.26 Å². The van der Waals surface area contributed by atoms with Gasteiger partial charge >= 0.3 is 0 Å². The van der Waals surface area contributed by atoms with Crippen molar-refractivity contribution in [1.82, 2.24) is 0 Å². The Labute approximate surface area is 162 Å². The van der Waals surface area contributed by atoms with E-state index < -0.39 is 0 Å². The van der Waals surface area contributed by atoms with Gasteiger partial charge < -0.3 is 11.5 Å². The molecule has 0 aliphatic carbocycles. The number of hydrogen-bond acceptors (Lipinski definition) is 3. The van der Waals surface area contributed by atoms with E-state index in [1.54, 1.807) is 36.4 Å². The Bertz CT molecular complexity index is 679. The number of hydrogen-bond donors (Lipinski definition) is 2. The first-order chi connectivity index (χ1) is 11.3. The van der Waals surface area contributed by atoms with Gasteiger partial charge in [-0.05, 0) is 35.9 Å². The zero-order chi connectivity index (χ0) is 18.5. The van der Waals surface area contributed by atoms with Crippen molar-refractivity contribution in [2.24, 2.45) is 0 Å². The number of nitrogens with two attached hydrogens (primary N) is 2. The van der Waals surface area contributed by atoms with Crippen LogP contribution in [-0.2, 0) is 0 Å². The summed E-state index contributed by atoms with van der Waals surface area (Å²) in [7, 11) is 0. The number of alkyl halides is 2. The first-order valence-corrected chi connectivity index (χ1v) is 8.41. The summed E-state index contributed by atoms with van der Waals surface area (Å²) in [4.78, 5) is 0. The second-order valence-electron chi connectivity index (χ2n) is 4.32. The van der Waals surface area contributed by atoms with Crippen LogP contribution in [0.5, 0.6) is 0 Å². The summed E-state index contributed by atoms with van der Waals surface area (Å²) >= 11 is 21.7. The summed E-state index contributed by atoms with van der Waals surface area (Å²) in [5.74, 6) is 0.478. The van der Waals surface area contributed by atoms with Crippen LogP contribution >= 0.6 is 46.4 Å². The van der Waals surface area contributed by atoms with Crippen molar-refractivity contribution in [3.05, 3.63) is 64.7 Å². The highest BCUT2D eigenvalue weighted by molar-refractivity contribution is 6.31. The van der Waals surface area contributed by atoms with E-state index in [0.717, 1.165) is 11.1 Å². The molecule has 7 heteroatoms. The Morgan fingerprint density at radius 3 is 2.00 bits per heavy atom. The molecule has 2 rings (SSSR count). The lowest BCUT2D eigenvalue weighted by molar-refractivity contribution is 1.49. The third-order valence-electron chi connectivity index (χ3n) is 2.46. The molecule has 3 nitrogen and oxygen atoms in total. The predicted molar refractivity (Wildman–Crippen MR) is 108 cm³/mol. The summed E-state index contributed by atoms with van der Waals surface area (Å²) in [5, 5.41) is 8.80. The fraction of sp³-hybridized carbons (Fsp3) is 0.118. The molecule has 0 saturated carbocycles. The first-order valence-electron chi connectivity index (χ1n) is 6.58. The standard InChI is InChI=1S/C9H9Cl2N.C6H6ClN.C2H2ClN/c1-6(5-10)8-3-2-7(11)4-9(8)12;7-5-2-1-3-6(8)4-5;3-1-2-4/h2-4H,1,5,12H2;1-4H,8H2;1H2. The zero-order valence-corrected chi connectivity index (χ0v) is 15.8. The molecule has 4 N–H and O–H groups in total. The molecule has 0 saturated heterocycles. The second kappa shape index (κ2) is 12.8. The summed E-state index contributed by atoms with van der Waals surface area (Å²) in [6.07, 6.45) is 0. The second-order valence-corrected chi connectivity index (χ2v) is 5.72. The van der Waals surface area contributed by atoms with Gasteiger partial charge in [0, 0.05) is 32.9 Å². The average Bonchev–Trinajstić information content (AvgIpc) is 2.55. The number of nitrogen functional groups attached to an aromatic ring is 2. The van der Waals surface area contributed by atoms with Gasteiger partial charge in [0.05, 0.1) is 6.07 Å². The fourth-order valence-electron chi connectivity index (χ4n) is 1.43. The molecule has 24 heavy (non-hydrogen) atoms. The molecule has 0 bridgehead atoms. The topological polar surface area (TPSA) is 75.8 Å². The minimum absolute atomic E-state index is 0.0972. The molecule has 2 aromatic carbocycles. The van der Waals surface area contributed by atoms with Gasteiger partial charge in [-0.3, -0.25) is 0 Å². The number of benzene rings is 2. The number of nitriles is 1. The third-order valence-corrected chi connectivity index (χ3v) is 3.38. The Morgan fingerprint density at radius 1 is 1.04 bits per heavy atom. The maximum absolute atomic E-state index is 7.49. The summed E-state index contributed by atoms with van der Waals surface area (Å²) in [6, 6.07) is 14.1. The molecule has 0 radical (unpaired) electrons. The maximum atomic E-state index is 7.49. The van der Waals surface area contributed by atoms with Crippen molar-refractivity contribution >= 4 is 63.4 Å². The van der Waals surface area contributed by atoms with E-state index in [9.17, 15) is 0 Å². The van der Waals surface area contributed by atoms with E-state index in [1.165, 1.54) is 0 Å². The number of anilines is 2. The Hall–Kier alpha value is -1.57. The van der Waals surface area contributed by atoms with Crippen molar-refractivity contribution in [2.75, 3.05) is 23.2 Å². The molecular formula is C17H17Cl4N3. The average molecular weight is 405 g/mol. The number of allylic oxidation sites excluding steroid dienone is 1. The quantitative estimate of drug-likeness (QED) is 0.487. The van der Waals surface area contributed by atoms with E-state index in [2.05, 4.69) is 6.58 Å². The van der Waals surface area contributed by atoms with Crippen LogP contribution in [0.2, 0.25) is 10.0 Å². The van der Waals surface area contributed by atoms with Gasteiger partial charge in [0.1, 0.15) is 5.88 Å². The molecule has 0 unspecified atom stereocenters. The van der Waals surface area contributed by atoms with E-state index in [-0.39, 0.29) is 5.88 Å². The van der Waals surface area contributed by atoms with Crippen molar-refractivity contribution in [2.45, 2.75) is 0 Å². The fourth-order valence-corrected chi connectivity index (χ4v) is 1.96. The van der Waals surface area contributed by atoms with Crippen LogP contribution in [0.15, 0.2) is 49.0 Å². The van der Waals surface area contributed by atoms with Crippen LogP contribution in [-0.4, -0.2) is 11.8 Å². The largest absolute Gasteiger partial charge is 0.399 e. The Balaban J connectivity index is 0.000000379. The number of rotatable bonds is 2. The molecule has 0 spiro atoms. The molecule has 128 valence electrons. The molecule has 0 heterocycles. The van der Waals surface area contributed by atoms with Crippen LogP contribution in [0.3, 0.4) is 0 Å². The van der Waals surface area contributed by atoms with Crippen LogP contribution in [0, 0.1) is 11.3 Å². The predicted octanol–water partition coefficient (Wildman–Crippen LogP) is 5.85. The van der Waals surface area contributed by atoms with Gasteiger partial charge in [0.2, 0.25) is 0 Å². The monoisotopic (exact) mass is 403 g/mol. The molecule has 2 aromatic rings. The van der Waals surface area contributed by atoms with Crippen molar-refractivity contribution in [3.63, 3.8) is 0 Å². The van der Waals surface area contributed by atoms with Gasteiger partial charge in [-0.15, -0.1) is 23.2 Å². The van der Waals surface area contributed by atoms with Crippen LogP contribution in [0.1, 0.15) is 5.56 Å². The van der Waals surface area contributed by atoms with Gasteiger partial charge in [-0.1, -0.05) is 41.9 Å². The lowest BCUT2D eigenvalue weighted by Crippen LogP contribution is -1.93. The zero-order valence-electron chi connectivity index (χ0n) is 12.8. The third kappa shape index (κ3) is 9.54. The molecule has 0 aliphatic heterocycles. The minimum atomic E-state index is 0.0972.